The Balaban J connectivity index is 1.34. The van der Waals surface area contributed by atoms with Crippen molar-refractivity contribution < 1.29 is 0 Å². The number of pyridine rings is 1. The summed E-state index contributed by atoms with van der Waals surface area (Å²) < 4.78 is 1.82. The first-order chi connectivity index (χ1) is 14.2. The first kappa shape index (κ1) is 18.0. The number of fused-ring (bicyclic) bond motifs is 1. The molecule has 4 heterocycles. The van der Waals surface area contributed by atoms with E-state index < -0.39 is 0 Å². The Kier molecular flexibility index (Phi) is 4.83. The minimum atomic E-state index is 0.697. The molecule has 0 bridgehead atoms. The van der Waals surface area contributed by atoms with Crippen LogP contribution in [0.1, 0.15) is 17.1 Å². The summed E-state index contributed by atoms with van der Waals surface area (Å²) in [6, 6.07) is 12.6. The Morgan fingerprint density at radius 2 is 1.97 bits per heavy atom. The van der Waals surface area contributed by atoms with Gasteiger partial charge in [-0.25, -0.2) is 4.98 Å². The smallest absolute Gasteiger partial charge is 0.113 e. The summed E-state index contributed by atoms with van der Waals surface area (Å²) in [7, 11) is 1.93. The number of benzene rings is 1. The van der Waals surface area contributed by atoms with Gasteiger partial charge in [0.2, 0.25) is 0 Å². The number of rotatable bonds is 5. The lowest BCUT2D eigenvalue weighted by molar-refractivity contribution is 0.233. The zero-order valence-electron chi connectivity index (χ0n) is 16.6. The number of piperazine rings is 1. The maximum atomic E-state index is 4.75. The number of aromatic nitrogens is 5. The van der Waals surface area contributed by atoms with Crippen LogP contribution in [0.4, 0.5) is 0 Å². The van der Waals surface area contributed by atoms with Crippen molar-refractivity contribution in [3.8, 4) is 11.3 Å². The molecule has 2 N–H and O–H groups in total. The topological polar surface area (TPSA) is 74.7 Å². The molecule has 1 aliphatic heterocycles. The molecule has 1 fully saturated rings. The van der Waals surface area contributed by atoms with E-state index in [0.717, 1.165) is 66.5 Å². The van der Waals surface area contributed by atoms with Gasteiger partial charge in [-0.2, -0.15) is 5.10 Å². The highest BCUT2D eigenvalue weighted by Gasteiger charge is 2.11. The average molecular weight is 387 g/mol. The lowest BCUT2D eigenvalue weighted by Crippen LogP contribution is -2.42. The molecule has 3 aromatic heterocycles. The van der Waals surface area contributed by atoms with E-state index in [4.69, 9.17) is 4.98 Å². The quantitative estimate of drug-likeness (QED) is 0.550. The molecule has 0 atom stereocenters. The highest BCUT2D eigenvalue weighted by molar-refractivity contribution is 5.81. The van der Waals surface area contributed by atoms with Crippen molar-refractivity contribution in [1.82, 2.24) is 34.9 Å². The molecule has 0 unspecified atom stereocenters. The number of imidazole rings is 1. The van der Waals surface area contributed by atoms with E-state index in [1.807, 2.05) is 36.3 Å². The second-order valence-electron chi connectivity index (χ2n) is 7.65. The third-order valence-electron chi connectivity index (χ3n) is 5.39. The molecule has 1 aromatic carbocycles. The molecule has 148 valence electrons. The minimum absolute atomic E-state index is 0.697. The fraction of sp³-hybridized carbons (Fsp3) is 0.318. The van der Waals surface area contributed by atoms with Crippen LogP contribution in [-0.2, 0) is 20.0 Å². The van der Waals surface area contributed by atoms with Gasteiger partial charge in [-0.1, -0.05) is 6.07 Å². The third-order valence-corrected chi connectivity index (χ3v) is 5.39. The van der Waals surface area contributed by atoms with Gasteiger partial charge in [0.05, 0.1) is 16.7 Å². The molecule has 0 spiro atoms. The summed E-state index contributed by atoms with van der Waals surface area (Å²) in [5, 5.41) is 7.89. The van der Waals surface area contributed by atoms with Crippen LogP contribution < -0.4 is 5.32 Å². The van der Waals surface area contributed by atoms with Crippen LogP contribution in [0, 0.1) is 0 Å². The lowest BCUT2D eigenvalue weighted by atomic mass is 10.1. The van der Waals surface area contributed by atoms with E-state index in [-0.39, 0.29) is 0 Å². The zero-order chi connectivity index (χ0) is 19.6. The summed E-state index contributed by atoms with van der Waals surface area (Å²) >= 11 is 0. The number of aromatic amines is 1. The molecule has 7 nitrogen and oxygen atoms in total. The van der Waals surface area contributed by atoms with Gasteiger partial charge in [-0.15, -0.1) is 0 Å². The second kappa shape index (κ2) is 7.77. The Morgan fingerprint density at radius 3 is 2.79 bits per heavy atom. The number of aryl methyl sites for hydroxylation is 1. The Hall–Kier alpha value is -3.03. The second-order valence-corrected chi connectivity index (χ2v) is 7.65. The van der Waals surface area contributed by atoms with E-state index in [2.05, 4.69) is 49.5 Å². The molecule has 0 aliphatic carbocycles. The van der Waals surface area contributed by atoms with Gasteiger partial charge in [0.25, 0.3) is 0 Å². The Bertz CT molecular complexity index is 1120. The SMILES string of the molecule is Cn1ccc(-c2ccc3nc(Cc4cc(CN5CCNCC5)ccn4)[nH]c3c2)n1. The zero-order valence-corrected chi connectivity index (χ0v) is 16.6. The maximum Gasteiger partial charge on any atom is 0.113 e. The predicted octanol–water partition coefficient (Wildman–Crippen LogP) is 2.35. The minimum Gasteiger partial charge on any atom is -0.342 e. The van der Waals surface area contributed by atoms with Gasteiger partial charge in [0.1, 0.15) is 5.82 Å². The van der Waals surface area contributed by atoms with Crippen LogP contribution in [0.25, 0.3) is 22.3 Å². The van der Waals surface area contributed by atoms with Crippen LogP contribution in [-0.4, -0.2) is 55.8 Å². The van der Waals surface area contributed by atoms with Gasteiger partial charge < -0.3 is 10.3 Å². The molecule has 5 rings (SSSR count). The standard InChI is InChI=1S/C22H25N7/c1-28-9-5-19(27-28)17-2-3-20-21(13-17)26-22(25-20)14-18-12-16(4-6-24-18)15-29-10-7-23-8-11-29/h2-6,9,12-13,23H,7-8,10-11,14-15H2,1H3,(H,25,26). The molecule has 1 aliphatic rings. The molecule has 1 saturated heterocycles. The van der Waals surface area contributed by atoms with Gasteiger partial charge in [0.15, 0.2) is 0 Å². The van der Waals surface area contributed by atoms with Gasteiger partial charge >= 0.3 is 0 Å². The van der Waals surface area contributed by atoms with Crippen LogP contribution >= 0.6 is 0 Å². The summed E-state index contributed by atoms with van der Waals surface area (Å²) in [5.74, 6) is 0.935. The fourth-order valence-corrected chi connectivity index (χ4v) is 3.90. The van der Waals surface area contributed by atoms with Crippen molar-refractivity contribution in [2.45, 2.75) is 13.0 Å². The van der Waals surface area contributed by atoms with E-state index in [9.17, 15) is 0 Å². The first-order valence-electron chi connectivity index (χ1n) is 10.1. The predicted molar refractivity (Wildman–Crippen MR) is 113 cm³/mol. The van der Waals surface area contributed by atoms with Crippen molar-refractivity contribution in [2.75, 3.05) is 26.2 Å². The number of nitrogens with zero attached hydrogens (tertiary/aromatic N) is 5. The summed E-state index contributed by atoms with van der Waals surface area (Å²) in [6.07, 6.45) is 4.56. The maximum absolute atomic E-state index is 4.75. The van der Waals surface area contributed by atoms with E-state index in [1.165, 1.54) is 5.56 Å². The molecular weight excluding hydrogens is 362 g/mol. The number of nitrogens with one attached hydrogen (secondary N) is 2. The number of hydrogen-bond donors (Lipinski definition) is 2. The van der Waals surface area contributed by atoms with Crippen molar-refractivity contribution in [3.63, 3.8) is 0 Å². The molecule has 0 amide bonds. The number of hydrogen-bond acceptors (Lipinski definition) is 5. The third kappa shape index (κ3) is 4.06. The van der Waals surface area contributed by atoms with Crippen LogP contribution in [0.3, 0.4) is 0 Å². The van der Waals surface area contributed by atoms with Gasteiger partial charge in [-0.05, 0) is 35.9 Å². The average Bonchev–Trinajstić information content (AvgIpc) is 3.34. The van der Waals surface area contributed by atoms with E-state index in [0.29, 0.717) is 6.42 Å². The molecule has 4 aromatic rings. The fourth-order valence-electron chi connectivity index (χ4n) is 3.90. The highest BCUT2D eigenvalue weighted by atomic mass is 15.2. The van der Waals surface area contributed by atoms with Crippen molar-refractivity contribution in [1.29, 1.82) is 0 Å². The largest absolute Gasteiger partial charge is 0.342 e. The van der Waals surface area contributed by atoms with E-state index >= 15 is 0 Å². The lowest BCUT2D eigenvalue weighted by Gasteiger charge is -2.27. The molecule has 29 heavy (non-hydrogen) atoms. The van der Waals surface area contributed by atoms with Gasteiger partial charge in [-0.3, -0.25) is 14.6 Å². The summed E-state index contributed by atoms with van der Waals surface area (Å²) in [4.78, 5) is 15.3. The van der Waals surface area contributed by atoms with Crippen molar-refractivity contribution >= 4 is 11.0 Å². The van der Waals surface area contributed by atoms with Crippen molar-refractivity contribution in [2.24, 2.45) is 7.05 Å². The highest BCUT2D eigenvalue weighted by Crippen LogP contribution is 2.22. The van der Waals surface area contributed by atoms with Crippen LogP contribution in [0.2, 0.25) is 0 Å². The Morgan fingerprint density at radius 1 is 1.07 bits per heavy atom. The molecular formula is C22H25N7. The molecule has 0 saturated carbocycles. The monoisotopic (exact) mass is 387 g/mol. The van der Waals surface area contributed by atoms with Gasteiger partial charge in [0, 0.05) is 69.8 Å². The van der Waals surface area contributed by atoms with Crippen LogP contribution in [0.15, 0.2) is 48.8 Å². The number of H-pyrrole nitrogens is 1. The van der Waals surface area contributed by atoms with Crippen molar-refractivity contribution in [3.05, 3.63) is 65.9 Å². The van der Waals surface area contributed by atoms with E-state index in [1.54, 1.807) is 0 Å². The summed E-state index contributed by atoms with van der Waals surface area (Å²) in [6.45, 7) is 5.30. The first-order valence-corrected chi connectivity index (χ1v) is 10.1. The normalized spacial score (nSPS) is 15.2. The molecule has 7 heteroatoms. The summed E-state index contributed by atoms with van der Waals surface area (Å²) in [5.41, 5.74) is 6.40. The molecule has 0 radical (unpaired) electrons. The van der Waals surface area contributed by atoms with Crippen LogP contribution in [0.5, 0.6) is 0 Å². The Labute approximate surface area is 169 Å².